The minimum atomic E-state index is -3.03. The number of aliphatic hydroxyl groups is 12. The topological polar surface area (TPSA) is 525 Å². The fourth-order valence-corrected chi connectivity index (χ4v) is 11.6. The molecule has 0 radical (unpaired) electrons. The van der Waals surface area contributed by atoms with E-state index in [1.54, 1.807) is 6.07 Å². The summed E-state index contributed by atoms with van der Waals surface area (Å²) < 4.78 is 100. The molecule has 36 heteroatoms. The summed E-state index contributed by atoms with van der Waals surface area (Å²) in [6.07, 6.45) is -41.0. The molecule has 36 nitrogen and oxygen atoms in total. The zero-order chi connectivity index (χ0) is 76.1. The molecule has 0 unspecified atom stereocenters. The lowest BCUT2D eigenvalue weighted by Gasteiger charge is -2.50. The lowest BCUT2D eigenvalue weighted by molar-refractivity contribution is -0.421. The normalized spacial score (nSPS) is 33.4. The molecular formula is C69H82O36. The Morgan fingerprint density at radius 2 is 0.962 bits per heavy atom. The van der Waals surface area contributed by atoms with Crippen LogP contribution in [0.1, 0.15) is 40.9 Å². The Labute approximate surface area is 597 Å². The molecule has 4 aromatic rings. The SMILES string of the molecule is COc1cc(C=CC(=O)OC[C@H]2O[C@@H](O[C@@H]3[C@@H](O[C@@H]4O[C@H](CO)[C@@H](O)[C@H](O)[C@H]4O)[C@@H](O[C@]4(COC(=O)C=Cc5ccc(O)c(OC)c5)O[C@H](CO)[C@@H](O)[C@@H]4OC(=O)c4ccccc4)O[C@H](COC(C)=O)[C@H]3OC(=O)C=Cc3ccc(O[C@H]4O[C@@H](C)[C@H](O)[C@@H](O)[C@H]4O)c(OC)c3)[C@H](O)[C@@H](O)[C@@H]2O)ccc1O. The number of phenols is 2. The molecule has 0 aliphatic carbocycles. The van der Waals surface area contributed by atoms with Crippen molar-refractivity contribution in [3.05, 3.63) is 125 Å². The molecule has 4 aromatic carbocycles. The highest BCUT2D eigenvalue weighted by molar-refractivity contribution is 5.90. The minimum absolute atomic E-state index is 0.00260. The maximum atomic E-state index is 14.7. The van der Waals surface area contributed by atoms with Crippen molar-refractivity contribution in [1.82, 2.24) is 0 Å². The van der Waals surface area contributed by atoms with Crippen LogP contribution in [-0.2, 0) is 80.8 Å². The fourth-order valence-electron chi connectivity index (χ4n) is 11.6. The highest BCUT2D eigenvalue weighted by Gasteiger charge is 2.64. The number of phenolic OH excluding ortho intramolecular Hbond substituents is 2. The van der Waals surface area contributed by atoms with Crippen molar-refractivity contribution in [2.45, 2.75) is 161 Å². The molecule has 5 aliphatic heterocycles. The number of esters is 5. The van der Waals surface area contributed by atoms with Gasteiger partial charge in [0.1, 0.15) is 117 Å². The van der Waals surface area contributed by atoms with Crippen molar-refractivity contribution >= 4 is 48.1 Å². The van der Waals surface area contributed by atoms with E-state index in [0.29, 0.717) is 5.56 Å². The second-order valence-electron chi connectivity index (χ2n) is 24.4. The lowest BCUT2D eigenvalue weighted by atomic mass is 9.95. The number of carbonyl (C=O) groups is 5. The summed E-state index contributed by atoms with van der Waals surface area (Å²) in [5.41, 5.74) is 0.608. The zero-order valence-electron chi connectivity index (χ0n) is 56.6. The Morgan fingerprint density at radius 1 is 0.467 bits per heavy atom. The summed E-state index contributed by atoms with van der Waals surface area (Å²) in [7, 11) is 3.80. The highest BCUT2D eigenvalue weighted by Crippen LogP contribution is 2.43. The standard InChI is InChI=1S/C69H82O36/c1-31-50(78)54(82)57(85)65(95-31)96-39-19-13-35(25-42(39)91-5)16-22-49(77)100-60-46(29-92-32(2)72)99-68(105-69(30-94-48(76)21-15-34-12-18-38(74)41(24-34)90-4)63(53(81)44(27-71)104-69)103-64(88)36-9-7-6-8-10-36)62(102-66-58(86)55(83)51(79)43(26-70)97-66)61(60)101-67-59(87)56(84)52(80)45(98-67)28-93-47(75)20-14-33-11-17-37(73)40(23-33)89-3/h6-25,31,43-46,50-63,65-68,70-71,73-74,78-87H,26-30H2,1-5H3/t31-,43+,44+,45+,46+,50-,51+,52+,53+,54+,55-,56-,57+,58+,59+,60+,61-,62+,63-,65+,66-,67-,68+,69-/m0/s1. The van der Waals surface area contributed by atoms with Crippen LogP contribution in [0.25, 0.3) is 18.2 Å². The van der Waals surface area contributed by atoms with E-state index in [9.17, 15) is 95.5 Å². The number of aromatic hydroxyl groups is 2. The van der Waals surface area contributed by atoms with E-state index in [-0.39, 0.29) is 51.2 Å². The number of aliphatic hydroxyl groups excluding tert-OH is 12. The maximum absolute atomic E-state index is 14.7. The Bertz CT molecular complexity index is 3680. The number of methoxy groups -OCH3 is 3. The molecule has 9 rings (SSSR count). The molecule has 14 N–H and O–H groups in total. The van der Waals surface area contributed by atoms with Gasteiger partial charge < -0.3 is 152 Å². The quantitative estimate of drug-likeness (QED) is 0.0154. The molecule has 0 amide bonds. The largest absolute Gasteiger partial charge is 0.504 e. The van der Waals surface area contributed by atoms with Gasteiger partial charge in [0.15, 0.2) is 65.6 Å². The second-order valence-corrected chi connectivity index (χ2v) is 24.4. The maximum Gasteiger partial charge on any atom is 0.338 e. The van der Waals surface area contributed by atoms with Crippen LogP contribution in [0.2, 0.25) is 0 Å². The number of ether oxygens (including phenoxy) is 17. The lowest BCUT2D eigenvalue weighted by Crippen LogP contribution is -2.69. The highest BCUT2D eigenvalue weighted by atomic mass is 16.8. The van der Waals surface area contributed by atoms with Crippen LogP contribution in [0.3, 0.4) is 0 Å². The molecule has 5 fully saturated rings. The molecule has 5 heterocycles. The van der Waals surface area contributed by atoms with Gasteiger partial charge in [-0.15, -0.1) is 0 Å². The van der Waals surface area contributed by atoms with Crippen molar-refractivity contribution in [3.63, 3.8) is 0 Å². The van der Waals surface area contributed by atoms with Gasteiger partial charge in [0.25, 0.3) is 0 Å². The number of benzene rings is 4. The third-order valence-corrected chi connectivity index (χ3v) is 17.3. The fraction of sp³-hybridized carbons (Fsp3) is 0.493. The van der Waals surface area contributed by atoms with Crippen molar-refractivity contribution in [2.24, 2.45) is 0 Å². The molecule has 105 heavy (non-hydrogen) atoms. The first-order valence-electron chi connectivity index (χ1n) is 32.5. The molecular weight excluding hydrogens is 1400 g/mol. The van der Waals surface area contributed by atoms with Gasteiger partial charge in [0, 0.05) is 25.2 Å². The van der Waals surface area contributed by atoms with Crippen LogP contribution in [0.15, 0.2) is 103 Å². The summed E-state index contributed by atoms with van der Waals surface area (Å²) in [5, 5.41) is 154. The summed E-state index contributed by atoms with van der Waals surface area (Å²) in [6.45, 7) is -3.10. The molecule has 0 spiro atoms. The predicted octanol–water partition coefficient (Wildman–Crippen LogP) is -2.88. The van der Waals surface area contributed by atoms with Crippen molar-refractivity contribution in [2.75, 3.05) is 54.4 Å². The number of hydrogen-bond acceptors (Lipinski definition) is 36. The summed E-state index contributed by atoms with van der Waals surface area (Å²) in [5.74, 6) is -9.46. The van der Waals surface area contributed by atoms with E-state index in [1.807, 2.05) is 0 Å². The third-order valence-electron chi connectivity index (χ3n) is 17.3. The molecule has 0 saturated carbocycles. The van der Waals surface area contributed by atoms with Gasteiger partial charge in [-0.3, -0.25) is 4.79 Å². The van der Waals surface area contributed by atoms with Crippen molar-refractivity contribution in [1.29, 1.82) is 0 Å². The van der Waals surface area contributed by atoms with E-state index < -0.39 is 210 Å². The molecule has 5 saturated heterocycles. The van der Waals surface area contributed by atoms with Gasteiger partial charge in [-0.2, -0.15) is 0 Å². The number of carbonyl (C=O) groups excluding carboxylic acids is 5. The van der Waals surface area contributed by atoms with Gasteiger partial charge in [0.2, 0.25) is 12.1 Å². The van der Waals surface area contributed by atoms with Crippen LogP contribution in [0, 0.1) is 0 Å². The predicted molar refractivity (Wildman–Crippen MR) is 347 cm³/mol. The number of rotatable bonds is 28. The second kappa shape index (κ2) is 36.2. The summed E-state index contributed by atoms with van der Waals surface area (Å²) >= 11 is 0. The minimum Gasteiger partial charge on any atom is -0.504 e. The Hall–Kier alpha value is -8.55. The van der Waals surface area contributed by atoms with E-state index >= 15 is 0 Å². The summed E-state index contributed by atoms with van der Waals surface area (Å²) in [6, 6.07) is 19.1. The third kappa shape index (κ3) is 19.4. The first-order valence-corrected chi connectivity index (χ1v) is 32.5. The van der Waals surface area contributed by atoms with Gasteiger partial charge in [0.05, 0.1) is 46.2 Å². The van der Waals surface area contributed by atoms with Gasteiger partial charge >= 0.3 is 29.8 Å². The van der Waals surface area contributed by atoms with E-state index in [0.717, 1.165) is 31.2 Å². The first kappa shape index (κ1) is 80.5. The van der Waals surface area contributed by atoms with Crippen molar-refractivity contribution in [3.8, 4) is 34.5 Å². The molecule has 574 valence electrons. The molecule has 0 bridgehead atoms. The van der Waals surface area contributed by atoms with Crippen LogP contribution < -0.4 is 18.9 Å². The van der Waals surface area contributed by atoms with Gasteiger partial charge in [-0.1, -0.05) is 36.4 Å². The molecule has 0 aromatic heterocycles. The van der Waals surface area contributed by atoms with E-state index in [4.69, 9.17) is 80.5 Å². The summed E-state index contributed by atoms with van der Waals surface area (Å²) in [4.78, 5) is 69.0. The van der Waals surface area contributed by atoms with Crippen LogP contribution in [0.4, 0.5) is 0 Å². The van der Waals surface area contributed by atoms with Gasteiger partial charge in [-0.25, -0.2) is 19.2 Å². The Balaban J connectivity index is 1.15. The van der Waals surface area contributed by atoms with Gasteiger partial charge in [-0.05, 0) is 90.4 Å². The van der Waals surface area contributed by atoms with E-state index in [2.05, 4.69) is 0 Å². The Kier molecular flexibility index (Phi) is 27.7. The monoisotopic (exact) mass is 1490 g/mol. The average Bonchev–Trinajstić information content (AvgIpc) is 1.63. The molecule has 24 atom stereocenters. The van der Waals surface area contributed by atoms with E-state index in [1.165, 1.54) is 119 Å². The van der Waals surface area contributed by atoms with Crippen LogP contribution in [0.5, 0.6) is 34.5 Å². The zero-order valence-corrected chi connectivity index (χ0v) is 56.6. The number of hydrogen-bond donors (Lipinski definition) is 14. The van der Waals surface area contributed by atoms with Crippen LogP contribution in [-0.4, -0.2) is 303 Å². The molecule has 5 aliphatic rings. The van der Waals surface area contributed by atoms with Crippen LogP contribution >= 0.6 is 0 Å². The Morgan fingerprint density at radius 3 is 1.53 bits per heavy atom. The smallest absolute Gasteiger partial charge is 0.338 e. The van der Waals surface area contributed by atoms with Crippen molar-refractivity contribution < 1.29 is 176 Å². The first-order chi connectivity index (χ1) is 50.1. The average molecular weight is 1490 g/mol.